The first-order valence-corrected chi connectivity index (χ1v) is 8.11. The van der Waals surface area contributed by atoms with Crippen LogP contribution in [0.1, 0.15) is 65.2 Å². The second kappa shape index (κ2) is 4.79. The van der Waals surface area contributed by atoms with E-state index in [0.717, 1.165) is 12.0 Å². The Labute approximate surface area is 112 Å². The summed E-state index contributed by atoms with van der Waals surface area (Å²) in [7, 11) is 0. The average Bonchev–Trinajstić information content (AvgIpc) is 2.64. The lowest BCUT2D eigenvalue weighted by molar-refractivity contribution is 0.0180. The van der Waals surface area contributed by atoms with Crippen molar-refractivity contribution in [3.63, 3.8) is 0 Å². The second-order valence-corrected chi connectivity index (χ2v) is 7.61. The van der Waals surface area contributed by atoms with Gasteiger partial charge in [0, 0.05) is 18.1 Å². The molecule has 0 aromatic rings. The van der Waals surface area contributed by atoms with Gasteiger partial charge in [-0.2, -0.15) is 0 Å². The van der Waals surface area contributed by atoms with Crippen molar-refractivity contribution in [3.8, 4) is 0 Å². The van der Waals surface area contributed by atoms with E-state index in [9.17, 15) is 0 Å². The molecule has 0 radical (unpaired) electrons. The third kappa shape index (κ3) is 2.12. The van der Waals surface area contributed by atoms with E-state index in [1.165, 1.54) is 57.9 Å². The summed E-state index contributed by atoms with van der Waals surface area (Å²) in [5.74, 6) is 0.989. The number of piperidine rings is 1. The Bertz CT molecular complexity index is 297. The van der Waals surface area contributed by atoms with Crippen molar-refractivity contribution in [2.75, 3.05) is 6.54 Å². The van der Waals surface area contributed by atoms with Gasteiger partial charge < -0.3 is 5.73 Å². The molecule has 2 N–H and O–H groups in total. The van der Waals surface area contributed by atoms with Crippen LogP contribution in [-0.4, -0.2) is 29.6 Å². The predicted molar refractivity (Wildman–Crippen MR) is 76.5 cm³/mol. The van der Waals surface area contributed by atoms with Gasteiger partial charge in [0.1, 0.15) is 0 Å². The van der Waals surface area contributed by atoms with E-state index < -0.39 is 0 Å². The van der Waals surface area contributed by atoms with Gasteiger partial charge in [0.2, 0.25) is 0 Å². The SMILES string of the molecule is CC1(C)CCC(N2CCCC3CCCCC32)C1N. The molecule has 2 aliphatic carbocycles. The number of nitrogens with two attached hydrogens (primary N) is 1. The lowest BCUT2D eigenvalue weighted by Gasteiger charge is -2.48. The van der Waals surface area contributed by atoms with Crippen molar-refractivity contribution in [3.05, 3.63) is 0 Å². The molecule has 2 saturated carbocycles. The molecule has 2 nitrogen and oxygen atoms in total. The Morgan fingerprint density at radius 2 is 1.67 bits per heavy atom. The summed E-state index contributed by atoms with van der Waals surface area (Å²) in [5.41, 5.74) is 6.92. The van der Waals surface area contributed by atoms with Crippen LogP contribution in [0, 0.1) is 11.3 Å². The first kappa shape index (κ1) is 12.9. The van der Waals surface area contributed by atoms with Crippen LogP contribution in [0.4, 0.5) is 0 Å². The van der Waals surface area contributed by atoms with E-state index >= 15 is 0 Å². The highest BCUT2D eigenvalue weighted by atomic mass is 15.2. The van der Waals surface area contributed by atoms with Crippen LogP contribution < -0.4 is 5.73 Å². The van der Waals surface area contributed by atoms with E-state index in [1.54, 1.807) is 0 Å². The molecule has 0 aromatic heterocycles. The Hall–Kier alpha value is -0.0800. The van der Waals surface area contributed by atoms with Gasteiger partial charge in [-0.3, -0.25) is 4.90 Å². The van der Waals surface area contributed by atoms with Gasteiger partial charge in [0.15, 0.2) is 0 Å². The third-order valence-corrected chi connectivity index (χ3v) is 6.11. The number of nitrogens with zero attached hydrogens (tertiary/aromatic N) is 1. The Morgan fingerprint density at radius 1 is 0.944 bits per heavy atom. The molecule has 4 unspecified atom stereocenters. The average molecular weight is 250 g/mol. The van der Waals surface area contributed by atoms with Crippen molar-refractivity contribution in [2.24, 2.45) is 17.1 Å². The summed E-state index contributed by atoms with van der Waals surface area (Å²) in [4.78, 5) is 2.84. The lowest BCUT2D eigenvalue weighted by atomic mass is 9.77. The zero-order chi connectivity index (χ0) is 12.8. The number of hydrogen-bond donors (Lipinski definition) is 1. The Balaban J connectivity index is 1.75. The molecule has 0 bridgehead atoms. The van der Waals surface area contributed by atoms with Crippen molar-refractivity contribution in [2.45, 2.75) is 83.3 Å². The highest BCUT2D eigenvalue weighted by molar-refractivity contribution is 5.02. The standard InChI is InChI=1S/C16H30N2/c1-16(2)10-9-14(15(16)17)18-11-5-7-12-6-3-4-8-13(12)18/h12-15H,3-11,17H2,1-2H3. The summed E-state index contributed by atoms with van der Waals surface area (Å²) in [6.07, 6.45) is 11.4. The summed E-state index contributed by atoms with van der Waals surface area (Å²) >= 11 is 0. The molecule has 3 fully saturated rings. The van der Waals surface area contributed by atoms with Crippen LogP contribution in [0.3, 0.4) is 0 Å². The van der Waals surface area contributed by atoms with Crippen LogP contribution in [0.15, 0.2) is 0 Å². The smallest absolute Gasteiger partial charge is 0.0255 e. The zero-order valence-electron chi connectivity index (χ0n) is 12.2. The first-order chi connectivity index (χ1) is 8.59. The fourth-order valence-electron chi connectivity index (χ4n) is 4.83. The number of likely N-dealkylation sites (tertiary alicyclic amines) is 1. The zero-order valence-corrected chi connectivity index (χ0v) is 12.2. The first-order valence-electron chi connectivity index (χ1n) is 8.11. The van der Waals surface area contributed by atoms with Crippen molar-refractivity contribution in [1.82, 2.24) is 4.90 Å². The minimum absolute atomic E-state index is 0.353. The summed E-state index contributed by atoms with van der Waals surface area (Å²) in [6, 6.07) is 1.93. The third-order valence-electron chi connectivity index (χ3n) is 6.11. The highest BCUT2D eigenvalue weighted by Gasteiger charge is 2.46. The number of fused-ring (bicyclic) bond motifs is 1. The van der Waals surface area contributed by atoms with Crippen molar-refractivity contribution >= 4 is 0 Å². The maximum atomic E-state index is 6.57. The minimum Gasteiger partial charge on any atom is -0.326 e. The fraction of sp³-hybridized carbons (Fsp3) is 1.00. The summed E-state index contributed by atoms with van der Waals surface area (Å²) in [6.45, 7) is 6.04. The van der Waals surface area contributed by atoms with Gasteiger partial charge >= 0.3 is 0 Å². The predicted octanol–water partition coefficient (Wildman–Crippen LogP) is 3.16. The van der Waals surface area contributed by atoms with E-state index in [-0.39, 0.29) is 0 Å². The minimum atomic E-state index is 0.353. The van der Waals surface area contributed by atoms with Crippen LogP contribution in [0.25, 0.3) is 0 Å². The largest absolute Gasteiger partial charge is 0.326 e. The molecule has 104 valence electrons. The highest BCUT2D eigenvalue weighted by Crippen LogP contribution is 2.43. The molecule has 3 rings (SSSR count). The molecule has 4 atom stereocenters. The van der Waals surface area contributed by atoms with Gasteiger partial charge in [-0.05, 0) is 56.4 Å². The monoisotopic (exact) mass is 250 g/mol. The maximum absolute atomic E-state index is 6.57. The van der Waals surface area contributed by atoms with Crippen LogP contribution in [0.2, 0.25) is 0 Å². The molecular formula is C16H30N2. The van der Waals surface area contributed by atoms with E-state index in [1.807, 2.05) is 0 Å². The van der Waals surface area contributed by atoms with Gasteiger partial charge in [0.25, 0.3) is 0 Å². The van der Waals surface area contributed by atoms with Crippen LogP contribution in [-0.2, 0) is 0 Å². The molecule has 1 heterocycles. The van der Waals surface area contributed by atoms with Crippen molar-refractivity contribution in [1.29, 1.82) is 0 Å². The van der Waals surface area contributed by atoms with Gasteiger partial charge in [0.05, 0.1) is 0 Å². The molecule has 2 heteroatoms. The molecule has 18 heavy (non-hydrogen) atoms. The molecule has 3 aliphatic rings. The van der Waals surface area contributed by atoms with Crippen molar-refractivity contribution < 1.29 is 0 Å². The summed E-state index contributed by atoms with van der Waals surface area (Å²) in [5, 5.41) is 0. The fourth-order valence-corrected chi connectivity index (χ4v) is 4.83. The van der Waals surface area contributed by atoms with E-state index in [2.05, 4.69) is 18.7 Å². The normalized spacial score (nSPS) is 44.8. The molecular weight excluding hydrogens is 220 g/mol. The second-order valence-electron chi connectivity index (χ2n) is 7.61. The van der Waals surface area contributed by atoms with Crippen LogP contribution >= 0.6 is 0 Å². The maximum Gasteiger partial charge on any atom is 0.0255 e. The molecule has 1 saturated heterocycles. The molecule has 0 spiro atoms. The van der Waals surface area contributed by atoms with Gasteiger partial charge in [-0.25, -0.2) is 0 Å². The quantitative estimate of drug-likeness (QED) is 0.774. The number of hydrogen-bond acceptors (Lipinski definition) is 2. The van der Waals surface area contributed by atoms with E-state index in [0.29, 0.717) is 17.5 Å². The van der Waals surface area contributed by atoms with E-state index in [4.69, 9.17) is 5.73 Å². The molecule has 0 aromatic carbocycles. The summed E-state index contributed by atoms with van der Waals surface area (Å²) < 4.78 is 0. The molecule has 0 amide bonds. The van der Waals surface area contributed by atoms with Gasteiger partial charge in [-0.1, -0.05) is 26.7 Å². The topological polar surface area (TPSA) is 29.3 Å². The Kier molecular flexibility index (Phi) is 3.44. The lowest BCUT2D eigenvalue weighted by Crippen LogP contribution is -2.57. The molecule has 1 aliphatic heterocycles. The van der Waals surface area contributed by atoms with Crippen LogP contribution in [0.5, 0.6) is 0 Å². The number of rotatable bonds is 1. The Morgan fingerprint density at radius 3 is 2.39 bits per heavy atom. The van der Waals surface area contributed by atoms with Gasteiger partial charge in [-0.15, -0.1) is 0 Å².